The molecule has 0 saturated carbocycles. The Morgan fingerprint density at radius 1 is 1.22 bits per heavy atom. The van der Waals surface area contributed by atoms with E-state index in [1.165, 1.54) is 16.9 Å². The number of halogens is 1. The van der Waals surface area contributed by atoms with Gasteiger partial charge in [-0.2, -0.15) is 0 Å². The van der Waals surface area contributed by atoms with Crippen molar-refractivity contribution < 1.29 is 19.0 Å². The molecular formula is C20H16ClNO4S. The summed E-state index contributed by atoms with van der Waals surface area (Å²) in [6.45, 7) is 3.03. The first-order chi connectivity index (χ1) is 13.1. The smallest absolute Gasteiger partial charge is 0.358 e. The lowest BCUT2D eigenvalue weighted by atomic mass is 10.2. The number of aromatic nitrogens is 1. The first-order valence-electron chi connectivity index (χ1n) is 8.38. The van der Waals surface area contributed by atoms with Crippen LogP contribution < -0.4 is 9.47 Å². The Morgan fingerprint density at radius 3 is 2.81 bits per heavy atom. The van der Waals surface area contributed by atoms with E-state index in [0.717, 1.165) is 16.1 Å². The van der Waals surface area contributed by atoms with Crippen molar-refractivity contribution in [1.82, 2.24) is 4.98 Å². The number of carbonyl (C=O) groups excluding carboxylic acids is 1. The molecule has 5 nitrogen and oxygen atoms in total. The second kappa shape index (κ2) is 7.58. The Morgan fingerprint density at radius 2 is 2.00 bits per heavy atom. The number of hydrogen-bond donors (Lipinski definition) is 0. The summed E-state index contributed by atoms with van der Waals surface area (Å²) >= 11 is 7.62. The number of carbonyl (C=O) groups is 1. The van der Waals surface area contributed by atoms with Gasteiger partial charge in [-0.15, -0.1) is 11.3 Å². The molecule has 7 heteroatoms. The highest BCUT2D eigenvalue weighted by molar-refractivity contribution is 7.13. The number of fused-ring (bicyclic) bond motifs is 1. The van der Waals surface area contributed by atoms with Gasteiger partial charge >= 0.3 is 5.97 Å². The highest BCUT2D eigenvalue weighted by Crippen LogP contribution is 2.38. The highest BCUT2D eigenvalue weighted by Gasteiger charge is 2.18. The first kappa shape index (κ1) is 17.8. The lowest BCUT2D eigenvalue weighted by Crippen LogP contribution is -2.16. The predicted molar refractivity (Wildman–Crippen MR) is 104 cm³/mol. The lowest BCUT2D eigenvalue weighted by Gasteiger charge is -2.20. The molecule has 0 amide bonds. The number of thiazole rings is 1. The summed E-state index contributed by atoms with van der Waals surface area (Å²) in [5.41, 5.74) is 3.17. The Hall–Kier alpha value is -2.57. The summed E-state index contributed by atoms with van der Waals surface area (Å²) in [5, 5.41) is 2.92. The Labute approximate surface area is 165 Å². The van der Waals surface area contributed by atoms with E-state index >= 15 is 0 Å². The number of rotatable bonds is 4. The molecule has 0 saturated heterocycles. The maximum absolute atomic E-state index is 12.3. The zero-order valence-corrected chi connectivity index (χ0v) is 16.1. The summed E-state index contributed by atoms with van der Waals surface area (Å²) in [7, 11) is 0. The van der Waals surface area contributed by atoms with E-state index in [1.54, 1.807) is 17.5 Å². The maximum Gasteiger partial charge on any atom is 0.358 e. The fourth-order valence-electron chi connectivity index (χ4n) is 2.67. The number of hydrogen-bond acceptors (Lipinski definition) is 6. The summed E-state index contributed by atoms with van der Waals surface area (Å²) in [5.74, 6) is 0.617. The van der Waals surface area contributed by atoms with Crippen LogP contribution >= 0.6 is 22.9 Å². The zero-order valence-electron chi connectivity index (χ0n) is 14.5. The van der Waals surface area contributed by atoms with Gasteiger partial charge in [-0.05, 0) is 24.6 Å². The molecule has 2 heterocycles. The second-order valence-corrected chi connectivity index (χ2v) is 7.35. The Balaban J connectivity index is 1.44. The molecule has 4 rings (SSSR count). The minimum atomic E-state index is -0.476. The Kier molecular flexibility index (Phi) is 5.01. The van der Waals surface area contributed by atoms with Gasteiger partial charge in [-0.1, -0.05) is 41.4 Å². The molecule has 0 spiro atoms. The van der Waals surface area contributed by atoms with E-state index in [4.69, 9.17) is 25.8 Å². The average molecular weight is 402 g/mol. The third-order valence-electron chi connectivity index (χ3n) is 4.04. The molecule has 27 heavy (non-hydrogen) atoms. The van der Waals surface area contributed by atoms with E-state index < -0.39 is 5.97 Å². The predicted octanol–water partition coefficient (Wildman–Crippen LogP) is 4.90. The van der Waals surface area contributed by atoms with Crippen LogP contribution in [0.15, 0.2) is 41.8 Å². The van der Waals surface area contributed by atoms with E-state index in [1.807, 2.05) is 31.2 Å². The fourth-order valence-corrected chi connectivity index (χ4v) is 3.75. The van der Waals surface area contributed by atoms with Crippen LogP contribution in [0, 0.1) is 6.92 Å². The molecule has 0 N–H and O–H groups in total. The van der Waals surface area contributed by atoms with Gasteiger partial charge in [0.1, 0.15) is 24.8 Å². The van der Waals surface area contributed by atoms with Gasteiger partial charge in [-0.25, -0.2) is 9.78 Å². The standard InChI is InChI=1S/C20H16ClNO4S/c1-12-2-4-14(5-3-12)19-22-16(11-27-19)20(23)26-10-13-8-15(21)18-17(9-13)24-6-7-25-18/h2-5,8-9,11H,6-7,10H2,1H3. The van der Waals surface area contributed by atoms with E-state index in [0.29, 0.717) is 35.4 Å². The van der Waals surface area contributed by atoms with Gasteiger partial charge in [0.15, 0.2) is 17.2 Å². The summed E-state index contributed by atoms with van der Waals surface area (Å²) in [6.07, 6.45) is 0. The van der Waals surface area contributed by atoms with Crippen molar-refractivity contribution >= 4 is 28.9 Å². The van der Waals surface area contributed by atoms with Crippen molar-refractivity contribution in [1.29, 1.82) is 0 Å². The highest BCUT2D eigenvalue weighted by atomic mass is 35.5. The number of nitrogens with zero attached hydrogens (tertiary/aromatic N) is 1. The maximum atomic E-state index is 12.3. The SMILES string of the molecule is Cc1ccc(-c2nc(C(=O)OCc3cc(Cl)c4c(c3)OCCO4)cs2)cc1. The van der Waals surface area contributed by atoms with Crippen LogP contribution in [-0.2, 0) is 11.3 Å². The van der Waals surface area contributed by atoms with Crippen molar-refractivity contribution in [3.05, 3.63) is 63.6 Å². The normalized spacial score (nSPS) is 12.7. The van der Waals surface area contributed by atoms with E-state index in [2.05, 4.69) is 4.98 Å². The number of aryl methyl sites for hydroxylation is 1. The summed E-state index contributed by atoms with van der Waals surface area (Å²) < 4.78 is 16.4. The van der Waals surface area contributed by atoms with Crippen LogP contribution in [0.5, 0.6) is 11.5 Å². The quantitative estimate of drug-likeness (QED) is 0.582. The molecule has 1 aliphatic rings. The fraction of sp³-hybridized carbons (Fsp3) is 0.200. The van der Waals surface area contributed by atoms with Crippen LogP contribution in [-0.4, -0.2) is 24.2 Å². The molecular weight excluding hydrogens is 386 g/mol. The van der Waals surface area contributed by atoms with Gasteiger partial charge in [0.25, 0.3) is 0 Å². The Bertz CT molecular complexity index is 984. The molecule has 0 unspecified atom stereocenters. The number of benzene rings is 2. The van der Waals surface area contributed by atoms with E-state index in [-0.39, 0.29) is 6.61 Å². The monoisotopic (exact) mass is 401 g/mol. The van der Waals surface area contributed by atoms with Crippen molar-refractivity contribution in [3.63, 3.8) is 0 Å². The second-order valence-electron chi connectivity index (χ2n) is 6.08. The van der Waals surface area contributed by atoms with Crippen molar-refractivity contribution in [2.45, 2.75) is 13.5 Å². The molecule has 0 atom stereocenters. The zero-order chi connectivity index (χ0) is 18.8. The van der Waals surface area contributed by atoms with Crippen LogP contribution in [0.1, 0.15) is 21.6 Å². The van der Waals surface area contributed by atoms with Crippen LogP contribution in [0.3, 0.4) is 0 Å². The minimum Gasteiger partial charge on any atom is -0.486 e. The number of esters is 1. The molecule has 2 aromatic carbocycles. The minimum absolute atomic E-state index is 0.0760. The first-order valence-corrected chi connectivity index (χ1v) is 9.63. The topological polar surface area (TPSA) is 57.7 Å². The average Bonchev–Trinajstić information content (AvgIpc) is 3.17. The van der Waals surface area contributed by atoms with Gasteiger partial charge in [0.05, 0.1) is 5.02 Å². The molecule has 0 radical (unpaired) electrons. The van der Waals surface area contributed by atoms with E-state index in [9.17, 15) is 4.79 Å². The number of ether oxygens (including phenoxy) is 3. The van der Waals surface area contributed by atoms with Crippen LogP contribution in [0.2, 0.25) is 5.02 Å². The van der Waals surface area contributed by atoms with Crippen molar-refractivity contribution in [2.24, 2.45) is 0 Å². The van der Waals surface area contributed by atoms with Gasteiger partial charge in [0.2, 0.25) is 0 Å². The molecule has 138 valence electrons. The third kappa shape index (κ3) is 3.91. The third-order valence-corrected chi connectivity index (χ3v) is 5.21. The molecule has 1 aromatic heterocycles. The van der Waals surface area contributed by atoms with Crippen LogP contribution in [0.4, 0.5) is 0 Å². The van der Waals surface area contributed by atoms with Gasteiger partial charge < -0.3 is 14.2 Å². The van der Waals surface area contributed by atoms with Crippen molar-refractivity contribution in [2.75, 3.05) is 13.2 Å². The lowest BCUT2D eigenvalue weighted by molar-refractivity contribution is 0.0466. The molecule has 0 fully saturated rings. The van der Waals surface area contributed by atoms with Gasteiger partial charge in [-0.3, -0.25) is 0 Å². The largest absolute Gasteiger partial charge is 0.486 e. The van der Waals surface area contributed by atoms with Crippen molar-refractivity contribution in [3.8, 4) is 22.1 Å². The summed E-state index contributed by atoms with van der Waals surface area (Å²) in [6, 6.07) is 11.5. The van der Waals surface area contributed by atoms with Crippen LogP contribution in [0.25, 0.3) is 10.6 Å². The molecule has 0 aliphatic carbocycles. The summed E-state index contributed by atoms with van der Waals surface area (Å²) in [4.78, 5) is 16.7. The molecule has 1 aliphatic heterocycles. The molecule has 3 aromatic rings. The molecule has 0 bridgehead atoms. The van der Waals surface area contributed by atoms with Gasteiger partial charge in [0, 0.05) is 10.9 Å².